The highest BCUT2D eigenvalue weighted by Crippen LogP contribution is 2.20. The van der Waals surface area contributed by atoms with Crippen molar-refractivity contribution in [2.24, 2.45) is 17.8 Å². The predicted molar refractivity (Wildman–Crippen MR) is 189 cm³/mol. The molecule has 1 aliphatic rings. The van der Waals surface area contributed by atoms with E-state index in [0.29, 0.717) is 18.7 Å². The van der Waals surface area contributed by atoms with Gasteiger partial charge in [0.05, 0.1) is 11.7 Å². The van der Waals surface area contributed by atoms with Crippen molar-refractivity contribution in [1.82, 2.24) is 26.6 Å². The molecule has 1 aromatic carbocycles. The van der Waals surface area contributed by atoms with Gasteiger partial charge in [0, 0.05) is 24.6 Å². The zero-order chi connectivity index (χ0) is 37.6. The zero-order valence-corrected chi connectivity index (χ0v) is 31.0. The third kappa shape index (κ3) is 15.1. The lowest BCUT2D eigenvalue weighted by atomic mass is 9.99. The summed E-state index contributed by atoms with van der Waals surface area (Å²) in [5.74, 6) is -2.76. The quantitative estimate of drug-likeness (QED) is 0.154. The summed E-state index contributed by atoms with van der Waals surface area (Å²) in [6.45, 7) is 16.4. The molecule has 0 bridgehead atoms. The monoisotopic (exact) mass is 699 g/mol. The number of ketones is 1. The van der Waals surface area contributed by atoms with Gasteiger partial charge in [0.25, 0.3) is 0 Å². The molecule has 1 saturated heterocycles. The molecule has 5 atom stereocenters. The lowest BCUT2D eigenvalue weighted by molar-refractivity contribution is -0.140. The van der Waals surface area contributed by atoms with Gasteiger partial charge in [0.15, 0.2) is 0 Å². The molecule has 0 aromatic heterocycles. The second-order valence-corrected chi connectivity index (χ2v) is 14.6. The van der Waals surface area contributed by atoms with E-state index in [4.69, 9.17) is 9.47 Å². The molecule has 5 N–H and O–H groups in total. The Labute approximate surface area is 296 Å². The second-order valence-electron chi connectivity index (χ2n) is 14.6. The van der Waals surface area contributed by atoms with E-state index in [9.17, 15) is 28.8 Å². The Hall–Kier alpha value is -4.26. The summed E-state index contributed by atoms with van der Waals surface area (Å²) in [4.78, 5) is 78.1. The van der Waals surface area contributed by atoms with E-state index in [-0.39, 0.29) is 55.3 Å². The van der Waals surface area contributed by atoms with Crippen LogP contribution in [0.5, 0.6) is 0 Å². The second kappa shape index (κ2) is 19.8. The van der Waals surface area contributed by atoms with E-state index in [1.165, 1.54) is 6.92 Å². The number of hydrogen-bond donors (Lipinski definition) is 5. The molecule has 1 fully saturated rings. The number of Topliss-reactive ketones (excluding diaryl/α,β-unsaturated/α-hetero) is 1. The first-order valence-electron chi connectivity index (χ1n) is 17.4. The number of amides is 5. The molecule has 2 unspecified atom stereocenters. The van der Waals surface area contributed by atoms with Crippen molar-refractivity contribution in [3.63, 3.8) is 0 Å². The summed E-state index contributed by atoms with van der Waals surface area (Å²) in [7, 11) is 0. The van der Waals surface area contributed by atoms with E-state index in [1.54, 1.807) is 26.8 Å². The van der Waals surface area contributed by atoms with Crippen LogP contribution in [0.15, 0.2) is 42.1 Å². The highest BCUT2D eigenvalue weighted by molar-refractivity contribution is 5.94. The van der Waals surface area contributed by atoms with Crippen molar-refractivity contribution >= 4 is 35.5 Å². The first-order valence-corrected chi connectivity index (χ1v) is 17.4. The van der Waals surface area contributed by atoms with Crippen molar-refractivity contribution in [2.45, 2.75) is 124 Å². The molecule has 278 valence electrons. The smallest absolute Gasteiger partial charge is 0.408 e. The number of allylic oxidation sites excluding steroid dienone is 2. The molecule has 1 aliphatic heterocycles. The molecule has 13 heteroatoms. The van der Waals surface area contributed by atoms with Gasteiger partial charge in [-0.2, -0.15) is 0 Å². The van der Waals surface area contributed by atoms with Crippen LogP contribution in [-0.2, 0) is 40.1 Å². The van der Waals surface area contributed by atoms with E-state index in [0.717, 1.165) is 5.56 Å². The van der Waals surface area contributed by atoms with Crippen LogP contribution in [0.25, 0.3) is 0 Å². The van der Waals surface area contributed by atoms with Gasteiger partial charge in [-0.1, -0.05) is 64.1 Å². The minimum Gasteiger partial charge on any atom is -0.445 e. The van der Waals surface area contributed by atoms with Crippen LogP contribution in [0.2, 0.25) is 0 Å². The number of ether oxygens (including phenoxy) is 2. The number of carbonyl (C=O) groups is 6. The standard InChI is InChI=1S/C37H57N5O8/c1-22(2)19-29(33(45)39-28(16-15-24(5)43)20-27-17-18-38-32(27)44)40-35(47)31(25(6)50-37(7,8)9)41-34(46)30(23(3)4)42-36(48)49-21-26-13-11-10-12-14-26/h10-14,16,22-23,25,27,29-31H,15,17-21H2,1-9H3,(H,38,44)(H,39,45)(H,40,47)(H,41,46)(H,42,48)/t25?,27?,29-,30-,31-/m0/s1. The maximum absolute atomic E-state index is 14.0. The molecule has 2 rings (SSSR count). The Bertz CT molecular complexity index is 1360. The molecule has 0 saturated carbocycles. The van der Waals surface area contributed by atoms with Crippen LogP contribution < -0.4 is 26.6 Å². The largest absolute Gasteiger partial charge is 0.445 e. The van der Waals surface area contributed by atoms with E-state index in [1.807, 2.05) is 65.0 Å². The first kappa shape index (κ1) is 41.9. The average molecular weight is 700 g/mol. The van der Waals surface area contributed by atoms with Crippen LogP contribution >= 0.6 is 0 Å². The van der Waals surface area contributed by atoms with Gasteiger partial charge in [0.2, 0.25) is 23.6 Å². The molecule has 13 nitrogen and oxygen atoms in total. The molecule has 50 heavy (non-hydrogen) atoms. The fourth-order valence-electron chi connectivity index (χ4n) is 5.46. The molecule has 0 spiro atoms. The summed E-state index contributed by atoms with van der Waals surface area (Å²) >= 11 is 0. The van der Waals surface area contributed by atoms with Gasteiger partial charge in [-0.3, -0.25) is 24.0 Å². The average Bonchev–Trinajstić information content (AvgIpc) is 3.42. The Morgan fingerprint density at radius 2 is 1.56 bits per heavy atom. The SMILES string of the molecule is CC(=O)CC=C(CC1CCNC1=O)NC(=O)[C@H](CC(C)C)NC(=O)[C@@H](NC(=O)[C@@H](NC(=O)OCc1ccccc1)C(C)C)C(C)OC(C)(C)C. The Morgan fingerprint density at radius 1 is 0.920 bits per heavy atom. The summed E-state index contributed by atoms with van der Waals surface area (Å²) < 4.78 is 11.4. The van der Waals surface area contributed by atoms with Crippen LogP contribution in [0, 0.1) is 17.8 Å². The fourth-order valence-corrected chi connectivity index (χ4v) is 5.46. The number of rotatable bonds is 18. The van der Waals surface area contributed by atoms with Crippen LogP contribution in [0.3, 0.4) is 0 Å². The van der Waals surface area contributed by atoms with Gasteiger partial charge in [-0.25, -0.2) is 4.79 Å². The van der Waals surface area contributed by atoms with E-state index < -0.39 is 53.6 Å². The molecule has 0 aliphatic carbocycles. The normalized spacial score (nSPS) is 17.3. The highest BCUT2D eigenvalue weighted by atomic mass is 16.5. The van der Waals surface area contributed by atoms with Crippen LogP contribution in [-0.4, -0.2) is 71.9 Å². The van der Waals surface area contributed by atoms with Gasteiger partial charge in [0.1, 0.15) is 30.5 Å². The number of benzene rings is 1. The van der Waals surface area contributed by atoms with E-state index >= 15 is 0 Å². The lowest BCUT2D eigenvalue weighted by Crippen LogP contribution is -2.61. The first-order chi connectivity index (χ1) is 23.4. The number of hydrogen-bond acceptors (Lipinski definition) is 8. The van der Waals surface area contributed by atoms with Crippen molar-refractivity contribution in [3.05, 3.63) is 47.7 Å². The Kier molecular flexibility index (Phi) is 16.6. The van der Waals surface area contributed by atoms with Gasteiger partial charge < -0.3 is 36.1 Å². The molecular formula is C37H57N5O8. The van der Waals surface area contributed by atoms with Crippen LogP contribution in [0.1, 0.15) is 93.6 Å². The minimum absolute atomic E-state index is 0.0102. The van der Waals surface area contributed by atoms with Crippen LogP contribution in [0.4, 0.5) is 4.79 Å². The topological polar surface area (TPSA) is 181 Å². The maximum atomic E-state index is 14.0. The van der Waals surface area contributed by atoms with Crippen molar-refractivity contribution < 1.29 is 38.2 Å². The maximum Gasteiger partial charge on any atom is 0.408 e. The molecule has 0 radical (unpaired) electrons. The molecule has 1 aromatic rings. The Balaban J connectivity index is 2.27. The summed E-state index contributed by atoms with van der Waals surface area (Å²) in [5.41, 5.74) is 0.523. The minimum atomic E-state index is -1.25. The summed E-state index contributed by atoms with van der Waals surface area (Å²) in [5, 5.41) is 13.8. The summed E-state index contributed by atoms with van der Waals surface area (Å²) in [6.07, 6.45) is 1.15. The fraction of sp³-hybridized carbons (Fsp3) is 0.622. The third-order valence-corrected chi connectivity index (χ3v) is 7.91. The Morgan fingerprint density at radius 3 is 2.10 bits per heavy atom. The predicted octanol–water partition coefficient (Wildman–Crippen LogP) is 3.66. The number of nitrogens with one attached hydrogen (secondary N) is 5. The van der Waals surface area contributed by atoms with E-state index in [2.05, 4.69) is 26.6 Å². The van der Waals surface area contributed by atoms with Gasteiger partial charge in [-0.05, 0) is 71.3 Å². The number of alkyl carbamates (subject to hydrolysis) is 1. The molecular weight excluding hydrogens is 642 g/mol. The summed E-state index contributed by atoms with van der Waals surface area (Å²) in [6, 6.07) is 5.79. The molecule has 5 amide bonds. The number of carbonyl (C=O) groups excluding carboxylic acids is 6. The highest BCUT2D eigenvalue weighted by Gasteiger charge is 2.36. The van der Waals surface area contributed by atoms with Gasteiger partial charge >= 0.3 is 6.09 Å². The van der Waals surface area contributed by atoms with Crippen molar-refractivity contribution in [3.8, 4) is 0 Å². The zero-order valence-electron chi connectivity index (χ0n) is 31.0. The van der Waals surface area contributed by atoms with Gasteiger partial charge in [-0.15, -0.1) is 0 Å². The third-order valence-electron chi connectivity index (χ3n) is 7.91. The lowest BCUT2D eigenvalue weighted by Gasteiger charge is -2.33. The van der Waals surface area contributed by atoms with Crippen molar-refractivity contribution in [1.29, 1.82) is 0 Å². The molecule has 1 heterocycles. The van der Waals surface area contributed by atoms with Crippen molar-refractivity contribution in [2.75, 3.05) is 6.54 Å².